The molecule has 2 unspecified atom stereocenters. The number of aliphatic hydroxyl groups is 1. The van der Waals surface area contributed by atoms with E-state index in [1.54, 1.807) is 6.20 Å². The maximum Gasteiger partial charge on any atom is 0.258 e. The highest BCUT2D eigenvalue weighted by Crippen LogP contribution is 2.55. The minimum atomic E-state index is -0.544. The fraction of sp³-hybridized carbons (Fsp3) is 0.640. The number of nitrogens with zero attached hydrogens (tertiary/aromatic N) is 2. The first-order chi connectivity index (χ1) is 16.2. The highest BCUT2D eigenvalue weighted by Gasteiger charge is 2.55. The summed E-state index contributed by atoms with van der Waals surface area (Å²) < 4.78 is 7.43. The molecule has 34 heavy (non-hydrogen) atoms. The molecule has 4 saturated carbocycles. The van der Waals surface area contributed by atoms with Gasteiger partial charge in [-0.15, -0.1) is 0 Å². The summed E-state index contributed by atoms with van der Waals surface area (Å²) in [5, 5.41) is 21.1. The molecule has 1 aromatic rings. The van der Waals surface area contributed by atoms with Crippen molar-refractivity contribution in [3.8, 4) is 5.88 Å². The van der Waals surface area contributed by atoms with Crippen LogP contribution in [0, 0.1) is 23.7 Å². The molecule has 5 rings (SSSR count). The van der Waals surface area contributed by atoms with Crippen molar-refractivity contribution in [2.45, 2.75) is 57.6 Å². The van der Waals surface area contributed by atoms with E-state index >= 15 is 0 Å². The molecule has 5 N–H and O–H groups in total. The summed E-state index contributed by atoms with van der Waals surface area (Å²) in [6.45, 7) is 8.95. The van der Waals surface area contributed by atoms with Crippen LogP contribution in [-0.4, -0.2) is 58.0 Å². The third kappa shape index (κ3) is 5.20. The fourth-order valence-corrected chi connectivity index (χ4v) is 5.98. The van der Waals surface area contributed by atoms with Crippen LogP contribution in [0.4, 0.5) is 0 Å². The van der Waals surface area contributed by atoms with E-state index in [1.807, 2.05) is 13.8 Å². The summed E-state index contributed by atoms with van der Waals surface area (Å²) in [6.07, 6.45) is 9.15. The van der Waals surface area contributed by atoms with Gasteiger partial charge in [0.2, 0.25) is 5.88 Å². The van der Waals surface area contributed by atoms with Gasteiger partial charge in [-0.3, -0.25) is 9.59 Å². The Morgan fingerprint density at radius 1 is 1.35 bits per heavy atom. The van der Waals surface area contributed by atoms with E-state index in [-0.39, 0.29) is 29.3 Å². The third-order valence-electron chi connectivity index (χ3n) is 7.22. The van der Waals surface area contributed by atoms with Crippen LogP contribution in [0.3, 0.4) is 0 Å². The number of amides is 2. The van der Waals surface area contributed by atoms with Crippen LogP contribution >= 0.6 is 0 Å². The first-order valence-corrected chi connectivity index (χ1v) is 12.3. The molecule has 9 heteroatoms. The molecule has 186 valence electrons. The van der Waals surface area contributed by atoms with Crippen molar-refractivity contribution in [2.24, 2.45) is 29.4 Å². The number of ether oxygens (including phenoxy) is 1. The first-order valence-electron chi connectivity index (χ1n) is 12.3. The molecule has 4 fully saturated rings. The highest BCUT2D eigenvalue weighted by molar-refractivity contribution is 5.97. The summed E-state index contributed by atoms with van der Waals surface area (Å²) in [5.74, 6) is 1.24. The minimum Gasteiger partial charge on any atom is -0.477 e. The summed E-state index contributed by atoms with van der Waals surface area (Å²) in [6, 6.07) is 0.0622. The van der Waals surface area contributed by atoms with Crippen LogP contribution in [-0.2, 0) is 4.79 Å². The Balaban J connectivity index is 1.49. The van der Waals surface area contributed by atoms with E-state index in [0.29, 0.717) is 48.9 Å². The van der Waals surface area contributed by atoms with E-state index in [2.05, 4.69) is 22.3 Å². The second kappa shape index (κ2) is 9.92. The molecule has 1 heterocycles. The number of carbonyl (C=O) groups is 2. The first kappa shape index (κ1) is 24.5. The monoisotopic (exact) mass is 471 g/mol. The van der Waals surface area contributed by atoms with Gasteiger partial charge in [-0.25, -0.2) is 4.68 Å². The molecular weight excluding hydrogens is 434 g/mol. The molecule has 0 spiro atoms. The Kier molecular flexibility index (Phi) is 7.14. The van der Waals surface area contributed by atoms with Gasteiger partial charge in [0.15, 0.2) is 0 Å². The number of hydrogen-bond donors (Lipinski definition) is 4. The topological polar surface area (TPSA) is 132 Å². The lowest BCUT2D eigenvalue weighted by atomic mass is 9.52. The fourth-order valence-electron chi connectivity index (χ4n) is 5.98. The molecule has 0 saturated heterocycles. The van der Waals surface area contributed by atoms with E-state index in [4.69, 9.17) is 10.5 Å². The van der Waals surface area contributed by atoms with Gasteiger partial charge in [-0.2, -0.15) is 5.10 Å². The maximum absolute atomic E-state index is 13.3. The lowest BCUT2D eigenvalue weighted by molar-refractivity contribution is -0.136. The molecule has 4 bridgehead atoms. The van der Waals surface area contributed by atoms with E-state index in [9.17, 15) is 14.7 Å². The van der Waals surface area contributed by atoms with Crippen LogP contribution < -0.4 is 21.1 Å². The standard InChI is InChI=1S/C25H37N5O4/c1-15(2)14-34-24-20(13-28-30(24)7-4-16(3)22(31)27-6-5-26)23(32)29-21-18-8-17-9-19(21)12-25(33,10-17)11-18/h4,7,13,15,17-19,21,33H,3,5-6,8-12,14,26H2,1-2H3,(H,27,31)(H,29,32)/b7-4+/t17?,18?,19?,21-,25+. The van der Waals surface area contributed by atoms with Crippen molar-refractivity contribution in [1.82, 2.24) is 20.4 Å². The van der Waals surface area contributed by atoms with Gasteiger partial charge in [0.25, 0.3) is 11.8 Å². The number of rotatable bonds is 10. The average molecular weight is 472 g/mol. The molecule has 4 aliphatic rings. The van der Waals surface area contributed by atoms with Gasteiger partial charge in [-0.05, 0) is 61.9 Å². The van der Waals surface area contributed by atoms with E-state index in [1.165, 1.54) is 17.0 Å². The summed E-state index contributed by atoms with van der Waals surface area (Å²) in [7, 11) is 0. The zero-order valence-electron chi connectivity index (χ0n) is 20.1. The molecule has 2 atom stereocenters. The largest absolute Gasteiger partial charge is 0.477 e. The smallest absolute Gasteiger partial charge is 0.258 e. The molecule has 2 amide bonds. The van der Waals surface area contributed by atoms with Crippen molar-refractivity contribution in [3.05, 3.63) is 30.0 Å². The van der Waals surface area contributed by atoms with E-state index in [0.717, 1.165) is 32.1 Å². The predicted molar refractivity (Wildman–Crippen MR) is 129 cm³/mol. The Morgan fingerprint density at radius 2 is 2.06 bits per heavy atom. The SMILES string of the molecule is C=C(/C=C/n1ncc(C(=O)N[C@H]2C3CC4CC2C[C@@](O)(C4)C3)c1OCC(C)C)C(=O)NCCN. The van der Waals surface area contributed by atoms with Gasteiger partial charge in [0, 0.05) is 30.9 Å². The van der Waals surface area contributed by atoms with Crippen molar-refractivity contribution >= 4 is 18.0 Å². The molecule has 9 nitrogen and oxygen atoms in total. The lowest BCUT2D eigenvalue weighted by Gasteiger charge is -2.58. The number of nitrogens with one attached hydrogen (secondary N) is 2. The van der Waals surface area contributed by atoms with Gasteiger partial charge in [0.05, 0.1) is 18.4 Å². The molecule has 0 aliphatic heterocycles. The normalized spacial score (nSPS) is 29.6. The third-order valence-corrected chi connectivity index (χ3v) is 7.22. The van der Waals surface area contributed by atoms with Crippen molar-refractivity contribution in [1.29, 1.82) is 0 Å². The number of carbonyl (C=O) groups excluding carboxylic acids is 2. The number of aromatic nitrogens is 2. The van der Waals surface area contributed by atoms with Gasteiger partial charge >= 0.3 is 0 Å². The average Bonchev–Trinajstić information content (AvgIpc) is 3.18. The zero-order chi connectivity index (χ0) is 24.5. The van der Waals surface area contributed by atoms with Crippen molar-refractivity contribution in [3.63, 3.8) is 0 Å². The number of nitrogens with two attached hydrogens (primary N) is 1. The highest BCUT2D eigenvalue weighted by atomic mass is 16.5. The Labute approximate surface area is 200 Å². The van der Waals surface area contributed by atoms with Crippen LogP contribution in [0.5, 0.6) is 5.88 Å². The van der Waals surface area contributed by atoms with E-state index < -0.39 is 5.60 Å². The zero-order valence-corrected chi connectivity index (χ0v) is 20.1. The van der Waals surface area contributed by atoms with Crippen LogP contribution in [0.25, 0.3) is 6.20 Å². The predicted octanol–water partition coefficient (Wildman–Crippen LogP) is 1.69. The Bertz CT molecular complexity index is 953. The lowest BCUT2D eigenvalue weighted by Crippen LogP contribution is -2.61. The van der Waals surface area contributed by atoms with Gasteiger partial charge in [0.1, 0.15) is 5.56 Å². The molecule has 0 aromatic carbocycles. The molecule has 1 aromatic heterocycles. The molecule has 4 aliphatic carbocycles. The molecular formula is C25H37N5O4. The second-order valence-corrected chi connectivity index (χ2v) is 10.6. The quantitative estimate of drug-likeness (QED) is 0.303. The second-order valence-electron chi connectivity index (χ2n) is 10.6. The number of hydrogen-bond acceptors (Lipinski definition) is 6. The van der Waals surface area contributed by atoms with Crippen LogP contribution in [0.1, 0.15) is 56.3 Å². The van der Waals surface area contributed by atoms with Gasteiger partial charge < -0.3 is 26.2 Å². The Hall–Kier alpha value is -2.65. The summed E-state index contributed by atoms with van der Waals surface area (Å²) in [5.41, 5.74) is 5.48. The molecule has 0 radical (unpaired) electrons. The van der Waals surface area contributed by atoms with Crippen LogP contribution in [0.15, 0.2) is 24.4 Å². The van der Waals surface area contributed by atoms with Gasteiger partial charge in [-0.1, -0.05) is 20.4 Å². The summed E-state index contributed by atoms with van der Waals surface area (Å²) >= 11 is 0. The maximum atomic E-state index is 13.3. The van der Waals surface area contributed by atoms with Crippen molar-refractivity contribution in [2.75, 3.05) is 19.7 Å². The van der Waals surface area contributed by atoms with Crippen molar-refractivity contribution < 1.29 is 19.4 Å². The van der Waals surface area contributed by atoms with Crippen LogP contribution in [0.2, 0.25) is 0 Å². The minimum absolute atomic E-state index is 0.0622. The Morgan fingerprint density at radius 3 is 2.68 bits per heavy atom. The summed E-state index contributed by atoms with van der Waals surface area (Å²) in [4.78, 5) is 25.4.